The van der Waals surface area contributed by atoms with Crippen molar-refractivity contribution in [2.24, 2.45) is 0 Å². The molecule has 1 aromatic heterocycles. The number of rotatable bonds is 4. The second-order valence-electron chi connectivity index (χ2n) is 7.57. The first-order valence-electron chi connectivity index (χ1n) is 10.00. The number of benzene rings is 2. The van der Waals surface area contributed by atoms with Crippen LogP contribution in [0.4, 0.5) is 5.69 Å². The molecule has 5 nitrogen and oxygen atoms in total. The third kappa shape index (κ3) is 3.99. The number of aryl methyl sites for hydroxylation is 2. The number of carbonyl (C=O) groups is 1. The van der Waals surface area contributed by atoms with E-state index in [0.717, 1.165) is 47.0 Å². The topological polar surface area (TPSA) is 48.6 Å². The maximum absolute atomic E-state index is 13.1. The van der Waals surface area contributed by atoms with Crippen molar-refractivity contribution in [3.05, 3.63) is 71.4 Å². The molecule has 1 fully saturated rings. The zero-order valence-corrected chi connectivity index (χ0v) is 17.2. The van der Waals surface area contributed by atoms with E-state index in [9.17, 15) is 4.79 Å². The fourth-order valence-corrected chi connectivity index (χ4v) is 3.81. The molecule has 0 bridgehead atoms. The minimum atomic E-state index is 0.0994. The second-order valence-corrected chi connectivity index (χ2v) is 7.57. The summed E-state index contributed by atoms with van der Waals surface area (Å²) in [4.78, 5) is 20.8. The Morgan fingerprint density at radius 1 is 0.966 bits per heavy atom. The third-order valence-corrected chi connectivity index (χ3v) is 5.59. The van der Waals surface area contributed by atoms with Crippen LogP contribution in [0.3, 0.4) is 0 Å². The van der Waals surface area contributed by atoms with Crippen LogP contribution >= 0.6 is 0 Å². The van der Waals surface area contributed by atoms with Gasteiger partial charge in [0, 0.05) is 49.3 Å². The van der Waals surface area contributed by atoms with Crippen molar-refractivity contribution < 1.29 is 9.53 Å². The van der Waals surface area contributed by atoms with Gasteiger partial charge < -0.3 is 19.5 Å². The average Bonchev–Trinajstić information content (AvgIpc) is 3.15. The molecule has 0 aliphatic carbocycles. The van der Waals surface area contributed by atoms with Gasteiger partial charge in [-0.25, -0.2) is 0 Å². The first-order chi connectivity index (χ1) is 14.0. The number of hydrogen-bond acceptors (Lipinski definition) is 3. The van der Waals surface area contributed by atoms with Crippen LogP contribution in [-0.2, 0) is 0 Å². The van der Waals surface area contributed by atoms with E-state index in [-0.39, 0.29) is 5.91 Å². The van der Waals surface area contributed by atoms with Gasteiger partial charge >= 0.3 is 0 Å². The number of ether oxygens (including phenoxy) is 1. The summed E-state index contributed by atoms with van der Waals surface area (Å²) >= 11 is 0. The van der Waals surface area contributed by atoms with E-state index >= 15 is 0 Å². The molecule has 150 valence electrons. The third-order valence-electron chi connectivity index (χ3n) is 5.59. The number of nitrogens with zero attached hydrogens (tertiary/aromatic N) is 2. The molecule has 1 N–H and O–H groups in total. The fourth-order valence-electron chi connectivity index (χ4n) is 3.81. The summed E-state index contributed by atoms with van der Waals surface area (Å²) in [7, 11) is 1.68. The Morgan fingerprint density at radius 2 is 1.69 bits per heavy atom. The number of nitrogens with one attached hydrogen (secondary N) is 1. The fraction of sp³-hybridized carbons (Fsp3) is 0.292. The standard InChI is InChI=1S/C24H27N3O2/c1-17-7-9-19(10-8-17)23-16-22(18(2)25-23)24(28)27-13-11-26(12-14-27)20-5-4-6-21(15-20)29-3/h4-10,15-16,25H,11-14H2,1-3H3. The molecule has 2 heterocycles. The number of anilines is 1. The minimum absolute atomic E-state index is 0.0994. The summed E-state index contributed by atoms with van der Waals surface area (Å²) in [5.74, 6) is 0.954. The molecular formula is C24H27N3O2. The molecular weight excluding hydrogens is 362 g/mol. The number of aromatic amines is 1. The van der Waals surface area contributed by atoms with Crippen LogP contribution in [0.1, 0.15) is 21.6 Å². The largest absolute Gasteiger partial charge is 0.497 e. The van der Waals surface area contributed by atoms with Crippen LogP contribution in [0.25, 0.3) is 11.3 Å². The maximum atomic E-state index is 13.1. The molecule has 2 aromatic carbocycles. The molecule has 29 heavy (non-hydrogen) atoms. The van der Waals surface area contributed by atoms with Crippen molar-refractivity contribution in [2.45, 2.75) is 13.8 Å². The Labute approximate surface area is 171 Å². The summed E-state index contributed by atoms with van der Waals surface area (Å²) in [5.41, 5.74) is 6.12. The zero-order chi connectivity index (χ0) is 20.4. The monoisotopic (exact) mass is 389 g/mol. The van der Waals surface area contributed by atoms with Gasteiger partial charge in [-0.05, 0) is 37.6 Å². The van der Waals surface area contributed by atoms with Gasteiger partial charge in [0.25, 0.3) is 5.91 Å². The average molecular weight is 389 g/mol. The Hall–Kier alpha value is -3.21. The van der Waals surface area contributed by atoms with Gasteiger partial charge in [0.15, 0.2) is 0 Å². The number of methoxy groups -OCH3 is 1. The number of hydrogen-bond donors (Lipinski definition) is 1. The smallest absolute Gasteiger partial charge is 0.255 e. The lowest BCUT2D eigenvalue weighted by atomic mass is 10.1. The van der Waals surface area contributed by atoms with Crippen molar-refractivity contribution >= 4 is 11.6 Å². The van der Waals surface area contributed by atoms with Crippen LogP contribution < -0.4 is 9.64 Å². The van der Waals surface area contributed by atoms with E-state index in [1.54, 1.807) is 7.11 Å². The highest BCUT2D eigenvalue weighted by molar-refractivity contribution is 5.97. The number of carbonyl (C=O) groups excluding carboxylic acids is 1. The lowest BCUT2D eigenvalue weighted by molar-refractivity contribution is 0.0746. The highest BCUT2D eigenvalue weighted by atomic mass is 16.5. The van der Waals surface area contributed by atoms with Crippen molar-refractivity contribution in [2.75, 3.05) is 38.2 Å². The number of piperazine rings is 1. The van der Waals surface area contributed by atoms with E-state index in [1.165, 1.54) is 5.56 Å². The predicted molar refractivity (Wildman–Crippen MR) is 117 cm³/mol. The number of amides is 1. The summed E-state index contributed by atoms with van der Waals surface area (Å²) < 4.78 is 5.33. The summed E-state index contributed by atoms with van der Waals surface area (Å²) in [6.07, 6.45) is 0. The molecule has 1 amide bonds. The van der Waals surface area contributed by atoms with Gasteiger partial charge in [-0.2, -0.15) is 0 Å². The molecule has 0 spiro atoms. The molecule has 0 unspecified atom stereocenters. The van der Waals surface area contributed by atoms with E-state index in [0.29, 0.717) is 13.1 Å². The first kappa shape index (κ1) is 19.1. The molecule has 0 atom stereocenters. The summed E-state index contributed by atoms with van der Waals surface area (Å²) in [6.45, 7) is 7.09. The van der Waals surface area contributed by atoms with Gasteiger partial charge in [-0.3, -0.25) is 4.79 Å². The molecule has 4 rings (SSSR count). The van der Waals surface area contributed by atoms with Crippen molar-refractivity contribution in [3.63, 3.8) is 0 Å². The van der Waals surface area contributed by atoms with Crippen LogP contribution in [0, 0.1) is 13.8 Å². The van der Waals surface area contributed by atoms with Gasteiger partial charge in [0.1, 0.15) is 5.75 Å². The van der Waals surface area contributed by atoms with Crippen LogP contribution in [0.2, 0.25) is 0 Å². The molecule has 3 aromatic rings. The molecule has 1 aliphatic heterocycles. The van der Waals surface area contributed by atoms with Crippen molar-refractivity contribution in [1.29, 1.82) is 0 Å². The molecule has 1 saturated heterocycles. The van der Waals surface area contributed by atoms with Crippen LogP contribution in [-0.4, -0.2) is 49.1 Å². The van der Waals surface area contributed by atoms with Crippen LogP contribution in [0.15, 0.2) is 54.6 Å². The van der Waals surface area contributed by atoms with E-state index in [2.05, 4.69) is 47.1 Å². The Kier molecular flexibility index (Phi) is 5.30. The summed E-state index contributed by atoms with van der Waals surface area (Å²) in [5, 5.41) is 0. The quantitative estimate of drug-likeness (QED) is 0.725. The van der Waals surface area contributed by atoms with Gasteiger partial charge in [0.2, 0.25) is 0 Å². The van der Waals surface area contributed by atoms with E-state index < -0.39 is 0 Å². The highest BCUT2D eigenvalue weighted by Gasteiger charge is 2.24. The van der Waals surface area contributed by atoms with Crippen molar-refractivity contribution in [1.82, 2.24) is 9.88 Å². The SMILES string of the molecule is COc1cccc(N2CCN(C(=O)c3cc(-c4ccc(C)cc4)[nH]c3C)CC2)c1. The zero-order valence-electron chi connectivity index (χ0n) is 17.2. The minimum Gasteiger partial charge on any atom is -0.497 e. The lowest BCUT2D eigenvalue weighted by Crippen LogP contribution is -2.48. The summed E-state index contributed by atoms with van der Waals surface area (Å²) in [6, 6.07) is 18.4. The second kappa shape index (κ2) is 8.03. The highest BCUT2D eigenvalue weighted by Crippen LogP contribution is 2.25. The molecule has 1 aliphatic rings. The number of aromatic nitrogens is 1. The number of H-pyrrole nitrogens is 1. The van der Waals surface area contributed by atoms with E-state index in [1.807, 2.05) is 36.1 Å². The van der Waals surface area contributed by atoms with Crippen molar-refractivity contribution in [3.8, 4) is 17.0 Å². The van der Waals surface area contributed by atoms with E-state index in [4.69, 9.17) is 4.74 Å². The predicted octanol–water partition coefficient (Wildman–Crippen LogP) is 4.27. The Bertz CT molecular complexity index is 999. The Morgan fingerprint density at radius 3 is 2.38 bits per heavy atom. The van der Waals surface area contributed by atoms with Crippen LogP contribution in [0.5, 0.6) is 5.75 Å². The normalized spacial score (nSPS) is 14.2. The lowest BCUT2D eigenvalue weighted by Gasteiger charge is -2.36. The molecule has 5 heteroatoms. The molecule has 0 radical (unpaired) electrons. The maximum Gasteiger partial charge on any atom is 0.255 e. The van der Waals surface area contributed by atoms with Gasteiger partial charge in [-0.1, -0.05) is 35.9 Å². The Balaban J connectivity index is 1.45. The van der Waals surface area contributed by atoms with Gasteiger partial charge in [0.05, 0.1) is 12.7 Å². The van der Waals surface area contributed by atoms with Gasteiger partial charge in [-0.15, -0.1) is 0 Å². The first-order valence-corrected chi connectivity index (χ1v) is 10.00. The molecule has 0 saturated carbocycles.